The topological polar surface area (TPSA) is 12.0 Å². The summed E-state index contributed by atoms with van der Waals surface area (Å²) in [4.78, 5) is 1.37. The first-order chi connectivity index (χ1) is 6.79. The van der Waals surface area contributed by atoms with E-state index in [9.17, 15) is 0 Å². The molecule has 14 heavy (non-hydrogen) atoms. The van der Waals surface area contributed by atoms with Crippen LogP contribution in [-0.2, 0) is 6.42 Å². The Morgan fingerprint density at radius 1 is 1.57 bits per heavy atom. The Kier molecular flexibility index (Phi) is 3.52. The molecule has 0 saturated heterocycles. The van der Waals surface area contributed by atoms with Gasteiger partial charge in [0, 0.05) is 15.9 Å². The lowest BCUT2D eigenvalue weighted by Crippen LogP contribution is -2.15. The quantitative estimate of drug-likeness (QED) is 0.783. The van der Waals surface area contributed by atoms with Crippen molar-refractivity contribution in [3.8, 4) is 0 Å². The minimum Gasteiger partial charge on any atom is -0.260 e. The number of rotatable bonds is 1. The van der Waals surface area contributed by atoms with Crippen LogP contribution in [0.25, 0.3) is 0 Å². The molecule has 1 aliphatic heterocycles. The molecule has 0 saturated carbocycles. The molecule has 0 fully saturated rings. The highest BCUT2D eigenvalue weighted by Gasteiger charge is 2.15. The number of nitrogens with one attached hydrogen (secondary N) is 1. The molecule has 1 nitrogen and oxygen atoms in total. The van der Waals surface area contributed by atoms with Crippen molar-refractivity contribution < 1.29 is 0 Å². The smallest absolute Gasteiger partial charge is 0.0271 e. The lowest BCUT2D eigenvalue weighted by atomic mass is 9.97. The van der Waals surface area contributed by atoms with Crippen LogP contribution >= 0.6 is 27.9 Å². The van der Waals surface area contributed by atoms with E-state index in [1.807, 2.05) is 0 Å². The fraction of sp³-hybridized carbons (Fsp3) is 0.455. The van der Waals surface area contributed by atoms with Crippen molar-refractivity contribution in [3.63, 3.8) is 0 Å². The van der Waals surface area contributed by atoms with E-state index in [4.69, 9.17) is 0 Å². The Balaban J connectivity index is 2.27. The summed E-state index contributed by atoms with van der Waals surface area (Å²) in [6, 6.07) is 6.57. The monoisotopic (exact) mass is 271 g/mol. The lowest BCUT2D eigenvalue weighted by Gasteiger charge is -2.10. The summed E-state index contributed by atoms with van der Waals surface area (Å²) in [7, 11) is 0. The average Bonchev–Trinajstić information content (AvgIpc) is 2.38. The van der Waals surface area contributed by atoms with Crippen LogP contribution in [0.15, 0.2) is 27.6 Å². The van der Waals surface area contributed by atoms with Crippen molar-refractivity contribution in [1.82, 2.24) is 4.72 Å². The lowest BCUT2D eigenvalue weighted by molar-refractivity contribution is 0.507. The summed E-state index contributed by atoms with van der Waals surface area (Å²) in [6.07, 6.45) is 2.46. The van der Waals surface area contributed by atoms with Crippen LogP contribution in [0.4, 0.5) is 0 Å². The predicted molar refractivity (Wildman–Crippen MR) is 65.5 cm³/mol. The van der Waals surface area contributed by atoms with Crippen LogP contribution in [0.5, 0.6) is 0 Å². The summed E-state index contributed by atoms with van der Waals surface area (Å²) < 4.78 is 4.59. The summed E-state index contributed by atoms with van der Waals surface area (Å²) in [5.41, 5.74) is 1.48. The van der Waals surface area contributed by atoms with E-state index in [0.717, 1.165) is 12.5 Å². The van der Waals surface area contributed by atoms with Crippen LogP contribution in [0.3, 0.4) is 0 Å². The molecule has 0 spiro atoms. The van der Waals surface area contributed by atoms with Crippen LogP contribution < -0.4 is 4.72 Å². The second-order valence-electron chi connectivity index (χ2n) is 3.68. The zero-order chi connectivity index (χ0) is 9.97. The fourth-order valence-electron chi connectivity index (χ4n) is 1.70. The van der Waals surface area contributed by atoms with Crippen molar-refractivity contribution in [1.29, 1.82) is 0 Å². The average molecular weight is 272 g/mol. The van der Waals surface area contributed by atoms with Crippen LogP contribution in [0.2, 0.25) is 0 Å². The van der Waals surface area contributed by atoms with Crippen molar-refractivity contribution in [2.75, 3.05) is 6.54 Å². The predicted octanol–water partition coefficient (Wildman–Crippen LogP) is 3.63. The first-order valence-corrected chi connectivity index (χ1v) is 6.58. The second kappa shape index (κ2) is 4.69. The van der Waals surface area contributed by atoms with Gasteiger partial charge < -0.3 is 0 Å². The summed E-state index contributed by atoms with van der Waals surface area (Å²) in [6.45, 7) is 3.38. The van der Waals surface area contributed by atoms with Gasteiger partial charge in [0.25, 0.3) is 0 Å². The van der Waals surface area contributed by atoms with Gasteiger partial charge in [-0.3, -0.25) is 4.72 Å². The third-order valence-electron chi connectivity index (χ3n) is 2.67. The highest BCUT2D eigenvalue weighted by molar-refractivity contribution is 9.10. The van der Waals surface area contributed by atoms with Gasteiger partial charge in [-0.1, -0.05) is 35.3 Å². The maximum atomic E-state index is 3.51. The van der Waals surface area contributed by atoms with E-state index in [-0.39, 0.29) is 0 Å². The molecule has 0 aromatic heterocycles. The zero-order valence-corrected chi connectivity index (χ0v) is 10.6. The first kappa shape index (κ1) is 10.5. The molecule has 1 atom stereocenters. The molecule has 1 aromatic rings. The number of hydrogen-bond donors (Lipinski definition) is 1. The van der Waals surface area contributed by atoms with Crippen molar-refractivity contribution in [2.24, 2.45) is 5.92 Å². The molecule has 1 heterocycles. The fourth-order valence-corrected chi connectivity index (χ4v) is 3.16. The number of benzene rings is 1. The highest BCUT2D eigenvalue weighted by atomic mass is 79.9. The van der Waals surface area contributed by atoms with E-state index in [1.54, 1.807) is 11.9 Å². The van der Waals surface area contributed by atoms with Gasteiger partial charge in [-0.2, -0.15) is 0 Å². The first-order valence-electron chi connectivity index (χ1n) is 4.97. The molecule has 2 rings (SSSR count). The maximum absolute atomic E-state index is 3.51. The standard InChI is InChI=1S/C11H14BrNS/c1-2-8-5-9-3-4-10(12)6-11(9)14-13-7-8/h3-4,6,8,13H,2,5,7H2,1H3. The summed E-state index contributed by atoms with van der Waals surface area (Å²) >= 11 is 5.27. The van der Waals surface area contributed by atoms with Crippen LogP contribution in [0, 0.1) is 5.92 Å². The van der Waals surface area contributed by atoms with Crippen molar-refractivity contribution in [2.45, 2.75) is 24.7 Å². The Bertz CT molecular complexity index is 327. The Morgan fingerprint density at radius 2 is 2.43 bits per heavy atom. The molecule has 1 unspecified atom stereocenters. The minimum absolute atomic E-state index is 0.782. The molecular formula is C11H14BrNS. The molecule has 0 bridgehead atoms. The third kappa shape index (κ3) is 2.33. The number of hydrogen-bond acceptors (Lipinski definition) is 2. The minimum atomic E-state index is 0.782. The Morgan fingerprint density at radius 3 is 3.21 bits per heavy atom. The Labute approximate surface area is 97.9 Å². The summed E-state index contributed by atoms with van der Waals surface area (Å²) in [5.74, 6) is 0.782. The largest absolute Gasteiger partial charge is 0.260 e. The van der Waals surface area contributed by atoms with Crippen LogP contribution in [-0.4, -0.2) is 6.54 Å². The van der Waals surface area contributed by atoms with E-state index in [0.29, 0.717) is 0 Å². The van der Waals surface area contributed by atoms with Gasteiger partial charge in [0.2, 0.25) is 0 Å². The molecule has 1 N–H and O–H groups in total. The molecule has 0 radical (unpaired) electrons. The van der Waals surface area contributed by atoms with E-state index >= 15 is 0 Å². The van der Waals surface area contributed by atoms with Crippen LogP contribution in [0.1, 0.15) is 18.9 Å². The highest BCUT2D eigenvalue weighted by Crippen LogP contribution is 2.29. The SMILES string of the molecule is CCC1CNSc2cc(Br)ccc2C1. The van der Waals surface area contributed by atoms with Gasteiger partial charge in [0.05, 0.1) is 0 Å². The third-order valence-corrected chi connectivity index (χ3v) is 4.07. The van der Waals surface area contributed by atoms with Gasteiger partial charge >= 0.3 is 0 Å². The number of halogens is 1. The van der Waals surface area contributed by atoms with E-state index < -0.39 is 0 Å². The van der Waals surface area contributed by atoms with Gasteiger partial charge in [-0.15, -0.1) is 0 Å². The molecule has 76 valence electrons. The van der Waals surface area contributed by atoms with Crippen molar-refractivity contribution in [3.05, 3.63) is 28.2 Å². The second-order valence-corrected chi connectivity index (χ2v) is 5.53. The normalized spacial score (nSPS) is 21.4. The van der Waals surface area contributed by atoms with Gasteiger partial charge in [-0.25, -0.2) is 0 Å². The summed E-state index contributed by atoms with van der Waals surface area (Å²) in [5, 5.41) is 0. The molecular weight excluding hydrogens is 258 g/mol. The van der Waals surface area contributed by atoms with E-state index in [1.165, 1.54) is 27.8 Å². The zero-order valence-electron chi connectivity index (χ0n) is 8.22. The Hall–Kier alpha value is 0.01000. The molecule has 0 amide bonds. The molecule has 3 heteroatoms. The number of fused-ring (bicyclic) bond motifs is 1. The van der Waals surface area contributed by atoms with Crippen molar-refractivity contribution >= 4 is 27.9 Å². The molecule has 0 aliphatic carbocycles. The maximum Gasteiger partial charge on any atom is 0.0271 e. The van der Waals surface area contributed by atoms with E-state index in [2.05, 4.69) is 45.8 Å². The van der Waals surface area contributed by atoms with Gasteiger partial charge in [0.1, 0.15) is 0 Å². The van der Waals surface area contributed by atoms with Gasteiger partial charge in [-0.05, 0) is 42.0 Å². The molecule has 1 aliphatic rings. The van der Waals surface area contributed by atoms with Gasteiger partial charge in [0.15, 0.2) is 0 Å². The molecule has 1 aromatic carbocycles.